The number of rotatable bonds is 4. The molecule has 1 aromatic rings. The second-order valence-corrected chi connectivity index (χ2v) is 5.59. The molecule has 0 aliphatic carbocycles. The maximum Gasteiger partial charge on any atom is 0.275 e. The lowest BCUT2D eigenvalue weighted by Crippen LogP contribution is -2.37. The van der Waals surface area contributed by atoms with E-state index >= 15 is 0 Å². The van der Waals surface area contributed by atoms with Crippen LogP contribution in [0.1, 0.15) is 28.1 Å². The first kappa shape index (κ1) is 13.5. The number of nitrogens with zero attached hydrogens (tertiary/aromatic N) is 1. The van der Waals surface area contributed by atoms with E-state index in [1.807, 2.05) is 11.4 Å². The van der Waals surface area contributed by atoms with E-state index in [4.69, 9.17) is 5.84 Å². The molecule has 1 unspecified atom stereocenters. The number of carbonyl (C=O) groups excluding carboxylic acids is 1. The summed E-state index contributed by atoms with van der Waals surface area (Å²) in [7, 11) is 0. The number of nitrogen functional groups attached to an aromatic ring is 1. The molecule has 0 spiro atoms. The number of hydrazine groups is 1. The van der Waals surface area contributed by atoms with Gasteiger partial charge in [-0.05, 0) is 42.3 Å². The molecule has 1 aliphatic rings. The first-order valence-corrected chi connectivity index (χ1v) is 7.03. The summed E-state index contributed by atoms with van der Waals surface area (Å²) in [5, 5.41) is 11.1. The van der Waals surface area contributed by atoms with E-state index in [0.29, 0.717) is 10.8 Å². The van der Waals surface area contributed by atoms with Crippen LogP contribution in [0.2, 0.25) is 0 Å². The molecule has 1 aromatic heterocycles. The van der Waals surface area contributed by atoms with Gasteiger partial charge in [0.2, 0.25) is 0 Å². The Balaban J connectivity index is 2.00. The van der Waals surface area contributed by atoms with Crippen LogP contribution >= 0.6 is 11.3 Å². The van der Waals surface area contributed by atoms with Gasteiger partial charge in [-0.1, -0.05) is 0 Å². The highest BCUT2D eigenvalue weighted by Crippen LogP contribution is 2.22. The SMILES string of the molecule is NNC(=O)c1sccc1CN1CCCC(CO)C1. The van der Waals surface area contributed by atoms with Gasteiger partial charge in [0.25, 0.3) is 5.91 Å². The minimum absolute atomic E-state index is 0.226. The van der Waals surface area contributed by atoms with E-state index in [2.05, 4.69) is 10.3 Å². The summed E-state index contributed by atoms with van der Waals surface area (Å²) in [6.45, 7) is 2.92. The minimum Gasteiger partial charge on any atom is -0.396 e. The predicted octanol–water partition coefficient (Wildman–Crippen LogP) is 0.556. The average Bonchev–Trinajstić information content (AvgIpc) is 2.86. The summed E-state index contributed by atoms with van der Waals surface area (Å²) in [5.74, 6) is 5.31. The lowest BCUT2D eigenvalue weighted by molar-refractivity contribution is 0.0951. The smallest absolute Gasteiger partial charge is 0.275 e. The molecule has 0 radical (unpaired) electrons. The zero-order valence-corrected chi connectivity index (χ0v) is 11.1. The van der Waals surface area contributed by atoms with E-state index in [0.717, 1.165) is 38.0 Å². The standard InChI is InChI=1S/C12H19N3O2S/c13-14-12(17)11-10(3-5-18-11)7-15-4-1-2-9(6-15)8-16/h3,5,9,16H,1-2,4,6-8,13H2,(H,14,17). The highest BCUT2D eigenvalue weighted by Gasteiger charge is 2.21. The normalized spacial score (nSPS) is 20.9. The van der Waals surface area contributed by atoms with E-state index in [-0.39, 0.29) is 12.5 Å². The van der Waals surface area contributed by atoms with Crippen molar-refractivity contribution in [3.63, 3.8) is 0 Å². The molecule has 1 atom stereocenters. The molecule has 1 fully saturated rings. The first-order chi connectivity index (χ1) is 8.74. The summed E-state index contributed by atoms with van der Waals surface area (Å²) in [4.78, 5) is 14.5. The molecular weight excluding hydrogens is 250 g/mol. The third kappa shape index (κ3) is 3.08. The van der Waals surface area contributed by atoms with Gasteiger partial charge < -0.3 is 5.11 Å². The molecule has 6 heteroatoms. The molecule has 100 valence electrons. The molecule has 0 saturated carbocycles. The second-order valence-electron chi connectivity index (χ2n) is 4.67. The number of hydrogen-bond acceptors (Lipinski definition) is 5. The molecule has 18 heavy (non-hydrogen) atoms. The van der Waals surface area contributed by atoms with Gasteiger partial charge in [0.15, 0.2) is 0 Å². The van der Waals surface area contributed by atoms with Crippen molar-refractivity contribution in [2.45, 2.75) is 19.4 Å². The van der Waals surface area contributed by atoms with Crippen molar-refractivity contribution in [2.24, 2.45) is 11.8 Å². The van der Waals surface area contributed by atoms with Gasteiger partial charge in [-0.3, -0.25) is 15.1 Å². The zero-order chi connectivity index (χ0) is 13.0. The van der Waals surface area contributed by atoms with Gasteiger partial charge >= 0.3 is 0 Å². The third-order valence-corrected chi connectivity index (χ3v) is 4.29. The molecule has 5 nitrogen and oxygen atoms in total. The Morgan fingerprint density at radius 1 is 1.67 bits per heavy atom. The number of nitrogens with one attached hydrogen (secondary N) is 1. The Morgan fingerprint density at radius 3 is 3.22 bits per heavy atom. The van der Waals surface area contributed by atoms with Crippen molar-refractivity contribution in [1.82, 2.24) is 10.3 Å². The number of aliphatic hydroxyl groups excluding tert-OH is 1. The van der Waals surface area contributed by atoms with Crippen LogP contribution in [-0.2, 0) is 6.54 Å². The van der Waals surface area contributed by atoms with Crippen LogP contribution < -0.4 is 11.3 Å². The van der Waals surface area contributed by atoms with Gasteiger partial charge in [-0.25, -0.2) is 5.84 Å². The Hall–Kier alpha value is -0.950. The fourth-order valence-electron chi connectivity index (χ4n) is 2.41. The van der Waals surface area contributed by atoms with Crippen molar-refractivity contribution in [3.05, 3.63) is 21.9 Å². The Bertz CT molecular complexity index is 408. The van der Waals surface area contributed by atoms with Crippen LogP contribution in [0.15, 0.2) is 11.4 Å². The zero-order valence-electron chi connectivity index (χ0n) is 10.3. The molecular formula is C12H19N3O2S. The molecule has 2 rings (SSSR count). The van der Waals surface area contributed by atoms with Crippen molar-refractivity contribution in [3.8, 4) is 0 Å². The van der Waals surface area contributed by atoms with Crippen LogP contribution in [0.4, 0.5) is 0 Å². The number of hydrogen-bond donors (Lipinski definition) is 3. The van der Waals surface area contributed by atoms with Gasteiger partial charge in [-0.2, -0.15) is 0 Å². The number of piperidine rings is 1. The number of thiophene rings is 1. The van der Waals surface area contributed by atoms with Crippen LogP contribution in [0.25, 0.3) is 0 Å². The monoisotopic (exact) mass is 269 g/mol. The summed E-state index contributed by atoms with van der Waals surface area (Å²) in [5.41, 5.74) is 3.19. The minimum atomic E-state index is -0.226. The number of amides is 1. The van der Waals surface area contributed by atoms with Gasteiger partial charge in [0, 0.05) is 19.7 Å². The molecule has 2 heterocycles. The van der Waals surface area contributed by atoms with Crippen LogP contribution in [-0.4, -0.2) is 35.6 Å². The maximum atomic E-state index is 11.6. The van der Waals surface area contributed by atoms with E-state index in [1.54, 1.807) is 0 Å². The first-order valence-electron chi connectivity index (χ1n) is 6.15. The molecule has 1 amide bonds. The van der Waals surface area contributed by atoms with Crippen molar-refractivity contribution in [2.75, 3.05) is 19.7 Å². The maximum absolute atomic E-state index is 11.6. The van der Waals surface area contributed by atoms with E-state index < -0.39 is 0 Å². The second kappa shape index (κ2) is 6.29. The summed E-state index contributed by atoms with van der Waals surface area (Å²) in [6, 6.07) is 1.97. The van der Waals surface area contributed by atoms with Crippen LogP contribution in [0.3, 0.4) is 0 Å². The average molecular weight is 269 g/mol. The van der Waals surface area contributed by atoms with Gasteiger partial charge in [-0.15, -0.1) is 11.3 Å². The van der Waals surface area contributed by atoms with Crippen molar-refractivity contribution < 1.29 is 9.90 Å². The van der Waals surface area contributed by atoms with E-state index in [9.17, 15) is 9.90 Å². The fraction of sp³-hybridized carbons (Fsp3) is 0.583. The quantitative estimate of drug-likeness (QED) is 0.424. The Labute approximate surface area is 111 Å². The predicted molar refractivity (Wildman–Crippen MR) is 71.1 cm³/mol. The van der Waals surface area contributed by atoms with E-state index in [1.165, 1.54) is 11.3 Å². The topological polar surface area (TPSA) is 78.6 Å². The summed E-state index contributed by atoms with van der Waals surface area (Å²) >= 11 is 1.41. The Kier molecular flexibility index (Phi) is 4.71. The summed E-state index contributed by atoms with van der Waals surface area (Å²) < 4.78 is 0. The number of carbonyl (C=O) groups is 1. The molecule has 1 saturated heterocycles. The van der Waals surface area contributed by atoms with Gasteiger partial charge in [0.1, 0.15) is 0 Å². The largest absolute Gasteiger partial charge is 0.396 e. The molecule has 1 aliphatic heterocycles. The lowest BCUT2D eigenvalue weighted by atomic mass is 9.98. The summed E-state index contributed by atoms with van der Waals surface area (Å²) in [6.07, 6.45) is 2.20. The molecule has 0 bridgehead atoms. The van der Waals surface area contributed by atoms with Crippen molar-refractivity contribution in [1.29, 1.82) is 0 Å². The lowest BCUT2D eigenvalue weighted by Gasteiger charge is -2.31. The van der Waals surface area contributed by atoms with Crippen LogP contribution in [0.5, 0.6) is 0 Å². The Morgan fingerprint density at radius 2 is 2.50 bits per heavy atom. The third-order valence-electron chi connectivity index (χ3n) is 3.34. The number of aliphatic hydroxyl groups is 1. The molecule has 4 N–H and O–H groups in total. The van der Waals surface area contributed by atoms with Crippen molar-refractivity contribution >= 4 is 17.2 Å². The highest BCUT2D eigenvalue weighted by atomic mass is 32.1. The highest BCUT2D eigenvalue weighted by molar-refractivity contribution is 7.12. The number of likely N-dealkylation sites (tertiary alicyclic amines) is 1. The number of nitrogens with two attached hydrogens (primary N) is 1. The molecule has 0 aromatic carbocycles. The van der Waals surface area contributed by atoms with Crippen LogP contribution in [0, 0.1) is 5.92 Å². The fourth-order valence-corrected chi connectivity index (χ4v) is 3.23. The van der Waals surface area contributed by atoms with Gasteiger partial charge in [0.05, 0.1) is 4.88 Å².